The molecule has 4 nitrogen and oxygen atoms in total. The minimum atomic E-state index is 0.581. The van der Waals surface area contributed by atoms with Crippen molar-refractivity contribution in [2.45, 2.75) is 51.4 Å². The topological polar surface area (TPSA) is 39.3 Å². The quantitative estimate of drug-likeness (QED) is 0.333. The first kappa shape index (κ1) is 22.7. The third-order valence-corrected chi connectivity index (χ3v) is 7.57. The molecule has 0 amide bonds. The molecule has 0 saturated heterocycles. The standard InChI is InChI=1S/C32H34N4/c1-21-4-7-27-16-26(11-15-32(27)34-21)23(3)36(31-13-14-31)20-24-5-8-25(9-6-24)22(2)35-30-12-10-28-18-33-19-29(28)17-30/h5-6,8-12,15-17,31,33-35H,1-4,7,13-14,18-20H2. The van der Waals surface area contributed by atoms with Crippen LogP contribution >= 0.6 is 0 Å². The zero-order valence-corrected chi connectivity index (χ0v) is 20.9. The molecule has 4 heteroatoms. The molecule has 0 aromatic heterocycles. The van der Waals surface area contributed by atoms with Crippen molar-refractivity contribution in [3.05, 3.63) is 119 Å². The second kappa shape index (κ2) is 9.36. The van der Waals surface area contributed by atoms with Crippen LogP contribution in [0, 0.1) is 0 Å². The number of aryl methyl sites for hydroxylation is 1. The number of fused-ring (bicyclic) bond motifs is 2. The van der Waals surface area contributed by atoms with E-state index in [0.29, 0.717) is 6.04 Å². The summed E-state index contributed by atoms with van der Waals surface area (Å²) in [7, 11) is 0. The van der Waals surface area contributed by atoms with E-state index in [4.69, 9.17) is 0 Å². The van der Waals surface area contributed by atoms with E-state index in [1.807, 2.05) is 0 Å². The fraction of sp³-hybridized carbons (Fsp3) is 0.250. The van der Waals surface area contributed by atoms with Crippen LogP contribution < -0.4 is 16.0 Å². The maximum absolute atomic E-state index is 4.52. The molecular weight excluding hydrogens is 440 g/mol. The molecule has 6 rings (SSSR count). The van der Waals surface area contributed by atoms with E-state index in [1.165, 1.54) is 46.3 Å². The zero-order valence-electron chi connectivity index (χ0n) is 20.9. The van der Waals surface area contributed by atoms with Crippen LogP contribution in [0.4, 0.5) is 11.4 Å². The monoisotopic (exact) mass is 474 g/mol. The summed E-state index contributed by atoms with van der Waals surface area (Å²) in [6.07, 6.45) is 4.50. The number of hydrogen-bond acceptors (Lipinski definition) is 4. The van der Waals surface area contributed by atoms with Crippen molar-refractivity contribution in [2.24, 2.45) is 0 Å². The molecule has 3 aromatic carbocycles. The Hall–Kier alpha value is -3.76. The van der Waals surface area contributed by atoms with E-state index >= 15 is 0 Å². The van der Waals surface area contributed by atoms with Crippen molar-refractivity contribution in [1.82, 2.24) is 10.2 Å². The van der Waals surface area contributed by atoms with E-state index in [2.05, 4.69) is 101 Å². The van der Waals surface area contributed by atoms with Crippen LogP contribution in [0.1, 0.15) is 52.6 Å². The molecule has 3 aliphatic rings. The van der Waals surface area contributed by atoms with Crippen molar-refractivity contribution in [1.29, 1.82) is 0 Å². The molecular formula is C32H34N4. The van der Waals surface area contributed by atoms with Gasteiger partial charge in [-0.3, -0.25) is 0 Å². The predicted molar refractivity (Wildman–Crippen MR) is 151 cm³/mol. The largest absolute Gasteiger partial charge is 0.364 e. The molecule has 2 heterocycles. The molecule has 0 bridgehead atoms. The molecule has 0 radical (unpaired) electrons. The highest BCUT2D eigenvalue weighted by Crippen LogP contribution is 2.36. The fourth-order valence-corrected chi connectivity index (χ4v) is 5.26. The van der Waals surface area contributed by atoms with Gasteiger partial charge in [0.15, 0.2) is 0 Å². The Morgan fingerprint density at radius 1 is 0.861 bits per heavy atom. The molecule has 0 atom stereocenters. The molecule has 3 aromatic rings. The van der Waals surface area contributed by atoms with Crippen LogP contribution in [0.2, 0.25) is 0 Å². The lowest BCUT2D eigenvalue weighted by molar-refractivity contribution is 0.381. The molecule has 182 valence electrons. The Morgan fingerprint density at radius 3 is 2.44 bits per heavy atom. The van der Waals surface area contributed by atoms with Crippen LogP contribution in [-0.2, 0) is 26.1 Å². The normalized spacial score (nSPS) is 16.1. The highest BCUT2D eigenvalue weighted by Gasteiger charge is 2.30. The first-order valence-electron chi connectivity index (χ1n) is 12.9. The van der Waals surface area contributed by atoms with Crippen LogP contribution in [0.25, 0.3) is 11.4 Å². The minimum Gasteiger partial charge on any atom is -0.364 e. The third-order valence-electron chi connectivity index (χ3n) is 7.57. The average Bonchev–Trinajstić information content (AvgIpc) is 3.63. The maximum Gasteiger partial charge on any atom is 0.0432 e. The lowest BCUT2D eigenvalue weighted by atomic mass is 9.98. The second-order valence-corrected chi connectivity index (χ2v) is 10.3. The smallest absolute Gasteiger partial charge is 0.0432 e. The van der Waals surface area contributed by atoms with Crippen molar-refractivity contribution in [3.63, 3.8) is 0 Å². The lowest BCUT2D eigenvalue weighted by Gasteiger charge is -2.28. The highest BCUT2D eigenvalue weighted by atomic mass is 15.2. The Kier molecular flexibility index (Phi) is 5.90. The Bertz CT molecular complexity index is 1350. The summed E-state index contributed by atoms with van der Waals surface area (Å²) in [5.41, 5.74) is 13.1. The number of hydrogen-bond donors (Lipinski definition) is 3. The van der Waals surface area contributed by atoms with Crippen LogP contribution in [0.15, 0.2) is 86.1 Å². The Morgan fingerprint density at radius 2 is 1.64 bits per heavy atom. The summed E-state index contributed by atoms with van der Waals surface area (Å²) in [5, 5.41) is 10.3. The van der Waals surface area contributed by atoms with Crippen molar-refractivity contribution < 1.29 is 0 Å². The van der Waals surface area contributed by atoms with Gasteiger partial charge in [-0.2, -0.15) is 0 Å². The van der Waals surface area contributed by atoms with E-state index in [9.17, 15) is 0 Å². The first-order chi connectivity index (χ1) is 17.5. The molecule has 0 unspecified atom stereocenters. The molecule has 0 spiro atoms. The van der Waals surface area contributed by atoms with Gasteiger partial charge in [0.05, 0.1) is 0 Å². The fourth-order valence-electron chi connectivity index (χ4n) is 5.26. The van der Waals surface area contributed by atoms with Crippen LogP contribution in [0.3, 0.4) is 0 Å². The predicted octanol–water partition coefficient (Wildman–Crippen LogP) is 6.88. The number of anilines is 2. The number of allylic oxidation sites excluding steroid dienone is 1. The van der Waals surface area contributed by atoms with Gasteiger partial charge in [0.1, 0.15) is 0 Å². The van der Waals surface area contributed by atoms with E-state index in [1.54, 1.807) is 0 Å². The highest BCUT2D eigenvalue weighted by molar-refractivity contribution is 5.76. The van der Waals surface area contributed by atoms with Crippen molar-refractivity contribution >= 4 is 22.8 Å². The van der Waals surface area contributed by atoms with Gasteiger partial charge >= 0.3 is 0 Å². The van der Waals surface area contributed by atoms with Gasteiger partial charge in [0.2, 0.25) is 0 Å². The molecule has 3 N–H and O–H groups in total. The van der Waals surface area contributed by atoms with Gasteiger partial charge in [-0.1, -0.05) is 56.1 Å². The van der Waals surface area contributed by atoms with Gasteiger partial charge in [0.25, 0.3) is 0 Å². The average molecular weight is 475 g/mol. The van der Waals surface area contributed by atoms with Gasteiger partial charge in [-0.05, 0) is 83.3 Å². The van der Waals surface area contributed by atoms with Gasteiger partial charge < -0.3 is 20.9 Å². The van der Waals surface area contributed by atoms with Crippen molar-refractivity contribution in [3.8, 4) is 0 Å². The summed E-state index contributed by atoms with van der Waals surface area (Å²) in [5.74, 6) is 0. The SMILES string of the molecule is C=C1CCc2cc(C(=C)N(Cc3ccc(C(=C)Nc4ccc5c(c4)CNC5)cc3)C3CC3)ccc2N1. The number of nitrogens with zero attached hydrogens (tertiary/aromatic N) is 1. The van der Waals surface area contributed by atoms with E-state index in [0.717, 1.165) is 60.8 Å². The number of nitrogens with one attached hydrogen (secondary N) is 3. The first-order valence-corrected chi connectivity index (χ1v) is 12.9. The van der Waals surface area contributed by atoms with E-state index < -0.39 is 0 Å². The third kappa shape index (κ3) is 4.69. The number of benzene rings is 3. The summed E-state index contributed by atoms with van der Waals surface area (Å²) in [4.78, 5) is 2.48. The van der Waals surface area contributed by atoms with Crippen LogP contribution in [0.5, 0.6) is 0 Å². The van der Waals surface area contributed by atoms with Gasteiger partial charge in [-0.15, -0.1) is 0 Å². The summed E-state index contributed by atoms with van der Waals surface area (Å²) in [6, 6.07) is 22.6. The van der Waals surface area contributed by atoms with Crippen molar-refractivity contribution in [2.75, 3.05) is 10.6 Å². The van der Waals surface area contributed by atoms with Crippen LogP contribution in [-0.4, -0.2) is 10.9 Å². The molecule has 36 heavy (non-hydrogen) atoms. The Balaban J connectivity index is 1.13. The summed E-state index contributed by atoms with van der Waals surface area (Å²) < 4.78 is 0. The minimum absolute atomic E-state index is 0.581. The number of rotatable bonds is 8. The molecule has 2 aliphatic heterocycles. The van der Waals surface area contributed by atoms with Gasteiger partial charge in [0, 0.05) is 54.1 Å². The second-order valence-electron chi connectivity index (χ2n) is 10.3. The molecule has 1 aliphatic carbocycles. The molecule has 1 saturated carbocycles. The maximum atomic E-state index is 4.52. The lowest BCUT2D eigenvalue weighted by Crippen LogP contribution is -2.23. The van der Waals surface area contributed by atoms with Gasteiger partial charge in [-0.25, -0.2) is 0 Å². The molecule has 1 fully saturated rings. The zero-order chi connectivity index (χ0) is 24.6. The summed E-state index contributed by atoms with van der Waals surface area (Å²) >= 11 is 0. The summed E-state index contributed by atoms with van der Waals surface area (Å²) in [6.45, 7) is 15.7. The Labute approximate surface area is 214 Å². The van der Waals surface area contributed by atoms with E-state index in [-0.39, 0.29) is 0 Å².